The molecule has 1 aromatic heterocycles. The highest BCUT2D eigenvalue weighted by Crippen LogP contribution is 2.39. The Hall–Kier alpha value is -0.760. The molecule has 2 nitrogen and oxygen atoms in total. The molecule has 1 saturated carbocycles. The van der Waals surface area contributed by atoms with Gasteiger partial charge >= 0.3 is 0 Å². The van der Waals surface area contributed by atoms with Gasteiger partial charge < -0.3 is 10.3 Å². The molecule has 1 unspecified atom stereocenters. The van der Waals surface area contributed by atoms with Crippen molar-refractivity contribution in [1.82, 2.24) is 4.57 Å². The van der Waals surface area contributed by atoms with Gasteiger partial charge in [-0.25, -0.2) is 0 Å². The summed E-state index contributed by atoms with van der Waals surface area (Å²) in [5.74, 6) is 0.977. The van der Waals surface area contributed by atoms with Crippen molar-refractivity contribution in [2.45, 2.75) is 77.3 Å². The molecule has 0 aromatic carbocycles. The van der Waals surface area contributed by atoms with Crippen LogP contribution in [-0.2, 0) is 6.42 Å². The molecule has 1 aromatic rings. The summed E-state index contributed by atoms with van der Waals surface area (Å²) in [6.45, 7) is 4.61. The number of nitrogens with zero attached hydrogens (tertiary/aromatic N) is 1. The fourth-order valence-electron chi connectivity index (χ4n) is 4.28. The zero-order valence-corrected chi connectivity index (χ0v) is 12.5. The van der Waals surface area contributed by atoms with Crippen molar-refractivity contribution >= 4 is 0 Å². The third kappa shape index (κ3) is 2.35. The third-order valence-corrected chi connectivity index (χ3v) is 5.46. The zero-order chi connectivity index (χ0) is 13.4. The minimum Gasteiger partial charge on any atom is -0.346 e. The van der Waals surface area contributed by atoms with Crippen LogP contribution in [0.1, 0.15) is 80.9 Å². The van der Waals surface area contributed by atoms with E-state index in [1.807, 2.05) is 0 Å². The average Bonchev–Trinajstić information content (AvgIpc) is 2.77. The van der Waals surface area contributed by atoms with Crippen molar-refractivity contribution in [2.24, 2.45) is 11.7 Å². The first-order chi connectivity index (χ1) is 9.20. The number of hydrogen-bond acceptors (Lipinski definition) is 1. The maximum atomic E-state index is 6.29. The lowest BCUT2D eigenvalue weighted by atomic mass is 9.84. The molecule has 0 saturated heterocycles. The number of aryl methyl sites for hydroxylation is 1. The Morgan fingerprint density at radius 3 is 2.63 bits per heavy atom. The molecule has 3 rings (SSSR count). The van der Waals surface area contributed by atoms with Crippen molar-refractivity contribution in [2.75, 3.05) is 0 Å². The Morgan fingerprint density at radius 2 is 1.95 bits per heavy atom. The molecule has 1 heterocycles. The number of hydrogen-bond donors (Lipinski definition) is 1. The number of fused-ring (bicyclic) bond motifs is 1. The van der Waals surface area contributed by atoms with E-state index in [9.17, 15) is 0 Å². The van der Waals surface area contributed by atoms with Crippen LogP contribution < -0.4 is 5.73 Å². The summed E-state index contributed by atoms with van der Waals surface area (Å²) in [6, 6.07) is 3.40. The second-order valence-corrected chi connectivity index (χ2v) is 6.64. The van der Waals surface area contributed by atoms with Crippen LogP contribution in [0.15, 0.2) is 6.07 Å². The van der Waals surface area contributed by atoms with Gasteiger partial charge in [0.1, 0.15) is 0 Å². The molecular weight excluding hydrogens is 232 g/mol. The number of rotatable bonds is 2. The minimum atomic E-state index is 0.288. The van der Waals surface area contributed by atoms with E-state index < -0.39 is 0 Å². The summed E-state index contributed by atoms with van der Waals surface area (Å²) in [5.41, 5.74) is 10.7. The van der Waals surface area contributed by atoms with Crippen molar-refractivity contribution in [3.8, 4) is 0 Å². The fraction of sp³-hybridized carbons (Fsp3) is 0.765. The van der Waals surface area contributed by atoms with Crippen molar-refractivity contribution in [1.29, 1.82) is 0 Å². The quantitative estimate of drug-likeness (QED) is 0.845. The Labute approximate surface area is 117 Å². The normalized spacial score (nSPS) is 31.2. The fourth-order valence-corrected chi connectivity index (χ4v) is 4.28. The van der Waals surface area contributed by atoms with Crippen LogP contribution >= 0.6 is 0 Å². The van der Waals surface area contributed by atoms with Gasteiger partial charge in [0.05, 0.1) is 0 Å². The molecule has 1 fully saturated rings. The van der Waals surface area contributed by atoms with E-state index in [1.165, 1.54) is 62.6 Å². The Bertz CT molecular complexity index is 438. The predicted molar refractivity (Wildman–Crippen MR) is 80.3 cm³/mol. The third-order valence-electron chi connectivity index (χ3n) is 5.46. The van der Waals surface area contributed by atoms with E-state index in [0.29, 0.717) is 0 Å². The second-order valence-electron chi connectivity index (χ2n) is 6.64. The number of nitrogens with two attached hydrogens (primary N) is 1. The highest BCUT2D eigenvalue weighted by molar-refractivity contribution is 5.33. The standard InChI is InChI=1S/C17H28N2/c1-3-13-7-9-14(10-8-13)19-12(2)11-15-16(18)5-4-6-17(15)19/h11,13-14,16H,3-10,18H2,1-2H3. The van der Waals surface area contributed by atoms with Crippen LogP contribution in [0.25, 0.3) is 0 Å². The summed E-state index contributed by atoms with van der Waals surface area (Å²) < 4.78 is 2.65. The minimum absolute atomic E-state index is 0.288. The molecule has 0 aliphatic heterocycles. The van der Waals surface area contributed by atoms with Gasteiger partial charge in [-0.1, -0.05) is 13.3 Å². The van der Waals surface area contributed by atoms with E-state index in [4.69, 9.17) is 5.73 Å². The van der Waals surface area contributed by atoms with Gasteiger partial charge in [0.2, 0.25) is 0 Å². The van der Waals surface area contributed by atoms with Gasteiger partial charge in [-0.2, -0.15) is 0 Å². The van der Waals surface area contributed by atoms with Gasteiger partial charge in [-0.3, -0.25) is 0 Å². The van der Waals surface area contributed by atoms with Crippen LogP contribution in [0, 0.1) is 12.8 Å². The van der Waals surface area contributed by atoms with Gasteiger partial charge in [0.15, 0.2) is 0 Å². The van der Waals surface area contributed by atoms with E-state index >= 15 is 0 Å². The van der Waals surface area contributed by atoms with Gasteiger partial charge in [-0.15, -0.1) is 0 Å². The molecule has 2 heteroatoms. The molecule has 2 aliphatic carbocycles. The Morgan fingerprint density at radius 1 is 1.21 bits per heavy atom. The smallest absolute Gasteiger partial charge is 0.0336 e. The molecule has 1 atom stereocenters. The molecule has 0 bridgehead atoms. The maximum Gasteiger partial charge on any atom is 0.0336 e. The SMILES string of the molecule is CCC1CCC(n2c(C)cc3c2CCCC3N)CC1. The lowest BCUT2D eigenvalue weighted by Crippen LogP contribution is -2.23. The summed E-state index contributed by atoms with van der Waals surface area (Å²) in [4.78, 5) is 0. The molecule has 0 amide bonds. The van der Waals surface area contributed by atoms with Crippen LogP contribution in [0.4, 0.5) is 0 Å². The van der Waals surface area contributed by atoms with Gasteiger partial charge in [0.25, 0.3) is 0 Å². The lowest BCUT2D eigenvalue weighted by molar-refractivity contribution is 0.263. The zero-order valence-electron chi connectivity index (χ0n) is 12.5. The largest absolute Gasteiger partial charge is 0.346 e. The summed E-state index contributed by atoms with van der Waals surface area (Å²) >= 11 is 0. The first kappa shape index (κ1) is 13.2. The first-order valence-electron chi connectivity index (χ1n) is 8.16. The molecule has 106 valence electrons. The lowest BCUT2D eigenvalue weighted by Gasteiger charge is -2.32. The summed E-state index contributed by atoms with van der Waals surface area (Å²) in [5, 5.41) is 0. The van der Waals surface area contributed by atoms with Crippen LogP contribution in [0.3, 0.4) is 0 Å². The van der Waals surface area contributed by atoms with Gasteiger partial charge in [-0.05, 0) is 69.4 Å². The second kappa shape index (κ2) is 5.32. The predicted octanol–water partition coefficient (Wildman–Crippen LogP) is 4.27. The van der Waals surface area contributed by atoms with E-state index in [1.54, 1.807) is 5.69 Å². The van der Waals surface area contributed by atoms with Crippen LogP contribution in [-0.4, -0.2) is 4.57 Å². The average molecular weight is 260 g/mol. The Kier molecular flexibility index (Phi) is 3.70. The van der Waals surface area contributed by atoms with E-state index in [-0.39, 0.29) is 6.04 Å². The van der Waals surface area contributed by atoms with Crippen molar-refractivity contribution in [3.63, 3.8) is 0 Å². The van der Waals surface area contributed by atoms with Crippen molar-refractivity contribution < 1.29 is 0 Å². The first-order valence-corrected chi connectivity index (χ1v) is 8.16. The Balaban J connectivity index is 1.85. The topological polar surface area (TPSA) is 30.9 Å². The molecule has 19 heavy (non-hydrogen) atoms. The maximum absolute atomic E-state index is 6.29. The van der Waals surface area contributed by atoms with Crippen LogP contribution in [0.5, 0.6) is 0 Å². The summed E-state index contributed by atoms with van der Waals surface area (Å²) in [7, 11) is 0. The van der Waals surface area contributed by atoms with Crippen molar-refractivity contribution in [3.05, 3.63) is 23.0 Å². The van der Waals surface area contributed by atoms with Gasteiger partial charge in [0, 0.05) is 23.5 Å². The monoisotopic (exact) mass is 260 g/mol. The van der Waals surface area contributed by atoms with E-state index in [2.05, 4.69) is 24.5 Å². The van der Waals surface area contributed by atoms with E-state index in [0.717, 1.165) is 12.0 Å². The molecule has 2 N–H and O–H groups in total. The molecule has 0 spiro atoms. The molecular formula is C17H28N2. The highest BCUT2D eigenvalue weighted by Gasteiger charge is 2.28. The van der Waals surface area contributed by atoms with Crippen LogP contribution in [0.2, 0.25) is 0 Å². The molecule has 0 radical (unpaired) electrons. The number of aromatic nitrogens is 1. The highest BCUT2D eigenvalue weighted by atomic mass is 15.0. The molecule has 2 aliphatic rings. The summed E-state index contributed by atoms with van der Waals surface area (Å²) in [6.07, 6.45) is 10.6.